The normalized spacial score (nSPS) is 13.7. The highest BCUT2D eigenvalue weighted by Gasteiger charge is 2.11. The predicted molar refractivity (Wildman–Crippen MR) is 80.0 cm³/mol. The highest BCUT2D eigenvalue weighted by atomic mass is 16.5. The molecule has 0 saturated carbocycles. The van der Waals surface area contributed by atoms with Crippen LogP contribution in [0.5, 0.6) is 11.5 Å². The second kappa shape index (κ2) is 7.85. The fourth-order valence-corrected chi connectivity index (χ4v) is 1.78. The quantitative estimate of drug-likeness (QED) is 0.725. The molecule has 2 atom stereocenters. The lowest BCUT2D eigenvalue weighted by Crippen LogP contribution is -2.19. The van der Waals surface area contributed by atoms with E-state index in [0.29, 0.717) is 6.04 Å². The standard InChI is InChI=1S/C16H25NO2/c1-6-10-17-13(4)14-8-9-15(16(11-14)18-5)19-12(3)7-2/h7-9,11-13,17H,2,6,10H2,1,3-5H3. The molecule has 1 aromatic carbocycles. The monoisotopic (exact) mass is 263 g/mol. The van der Waals surface area contributed by atoms with E-state index in [2.05, 4.69) is 31.8 Å². The van der Waals surface area contributed by atoms with Crippen LogP contribution in [0.15, 0.2) is 30.9 Å². The molecule has 0 bridgehead atoms. The highest BCUT2D eigenvalue weighted by molar-refractivity contribution is 5.44. The fraction of sp³-hybridized carbons (Fsp3) is 0.500. The molecule has 3 heteroatoms. The van der Waals surface area contributed by atoms with E-state index in [9.17, 15) is 0 Å². The Balaban J connectivity index is 2.85. The minimum atomic E-state index is -0.0320. The first-order valence-electron chi connectivity index (χ1n) is 6.82. The minimum Gasteiger partial charge on any atom is -0.493 e. The maximum atomic E-state index is 5.74. The molecule has 1 rings (SSSR count). The van der Waals surface area contributed by atoms with E-state index in [1.54, 1.807) is 13.2 Å². The molecule has 19 heavy (non-hydrogen) atoms. The third-order valence-electron chi connectivity index (χ3n) is 3.03. The van der Waals surface area contributed by atoms with Gasteiger partial charge < -0.3 is 14.8 Å². The second-order valence-electron chi connectivity index (χ2n) is 4.64. The molecule has 2 unspecified atom stereocenters. The van der Waals surface area contributed by atoms with E-state index in [-0.39, 0.29) is 6.10 Å². The van der Waals surface area contributed by atoms with Crippen LogP contribution in [-0.2, 0) is 0 Å². The third kappa shape index (κ3) is 4.60. The molecule has 0 aromatic heterocycles. The molecule has 0 saturated heterocycles. The van der Waals surface area contributed by atoms with Crippen molar-refractivity contribution in [3.8, 4) is 11.5 Å². The molecule has 0 fully saturated rings. The first kappa shape index (κ1) is 15.6. The summed E-state index contributed by atoms with van der Waals surface area (Å²) in [4.78, 5) is 0. The topological polar surface area (TPSA) is 30.5 Å². The average Bonchev–Trinajstić information content (AvgIpc) is 2.44. The van der Waals surface area contributed by atoms with Crippen LogP contribution in [0.25, 0.3) is 0 Å². The van der Waals surface area contributed by atoms with Crippen LogP contribution < -0.4 is 14.8 Å². The Labute approximate surface area is 116 Å². The molecule has 0 aliphatic rings. The number of nitrogens with one attached hydrogen (secondary N) is 1. The van der Waals surface area contributed by atoms with Gasteiger partial charge in [-0.2, -0.15) is 0 Å². The Morgan fingerprint density at radius 1 is 1.32 bits per heavy atom. The van der Waals surface area contributed by atoms with Gasteiger partial charge in [-0.1, -0.05) is 25.6 Å². The summed E-state index contributed by atoms with van der Waals surface area (Å²) >= 11 is 0. The Kier molecular flexibility index (Phi) is 6.43. The molecule has 0 heterocycles. The average molecular weight is 263 g/mol. The molecule has 0 aliphatic heterocycles. The van der Waals surface area contributed by atoms with Crippen LogP contribution in [0.1, 0.15) is 38.8 Å². The van der Waals surface area contributed by atoms with Crippen molar-refractivity contribution in [3.63, 3.8) is 0 Å². The largest absolute Gasteiger partial charge is 0.493 e. The Morgan fingerprint density at radius 2 is 2.05 bits per heavy atom. The third-order valence-corrected chi connectivity index (χ3v) is 3.03. The number of methoxy groups -OCH3 is 1. The van der Waals surface area contributed by atoms with Crippen molar-refractivity contribution in [2.24, 2.45) is 0 Å². The van der Waals surface area contributed by atoms with Gasteiger partial charge in [-0.25, -0.2) is 0 Å². The maximum Gasteiger partial charge on any atom is 0.162 e. The Bertz CT molecular complexity index is 404. The SMILES string of the molecule is C=CC(C)Oc1ccc(C(C)NCCC)cc1OC. The number of ether oxygens (including phenoxy) is 2. The molecule has 1 aromatic rings. The van der Waals surface area contributed by atoms with Gasteiger partial charge >= 0.3 is 0 Å². The van der Waals surface area contributed by atoms with Gasteiger partial charge in [0, 0.05) is 6.04 Å². The van der Waals surface area contributed by atoms with Crippen molar-refractivity contribution in [1.29, 1.82) is 0 Å². The van der Waals surface area contributed by atoms with Crippen LogP contribution in [0.2, 0.25) is 0 Å². The molecule has 0 spiro atoms. The smallest absolute Gasteiger partial charge is 0.162 e. The molecular formula is C16H25NO2. The summed E-state index contributed by atoms with van der Waals surface area (Å²) < 4.78 is 11.1. The lowest BCUT2D eigenvalue weighted by Gasteiger charge is -2.18. The van der Waals surface area contributed by atoms with E-state index in [1.165, 1.54) is 5.56 Å². The van der Waals surface area contributed by atoms with Gasteiger partial charge in [0.25, 0.3) is 0 Å². The molecule has 1 N–H and O–H groups in total. The van der Waals surface area contributed by atoms with Crippen molar-refractivity contribution in [2.75, 3.05) is 13.7 Å². The first-order valence-corrected chi connectivity index (χ1v) is 6.82. The summed E-state index contributed by atoms with van der Waals surface area (Å²) in [5.74, 6) is 1.51. The van der Waals surface area contributed by atoms with Gasteiger partial charge in [-0.3, -0.25) is 0 Å². The lowest BCUT2D eigenvalue weighted by molar-refractivity contribution is 0.254. The summed E-state index contributed by atoms with van der Waals surface area (Å²) in [6, 6.07) is 6.36. The van der Waals surface area contributed by atoms with Crippen molar-refractivity contribution < 1.29 is 9.47 Å². The van der Waals surface area contributed by atoms with Crippen molar-refractivity contribution in [2.45, 2.75) is 39.3 Å². The summed E-state index contributed by atoms with van der Waals surface area (Å²) in [5.41, 5.74) is 1.20. The van der Waals surface area contributed by atoms with Crippen LogP contribution in [0.4, 0.5) is 0 Å². The van der Waals surface area contributed by atoms with E-state index < -0.39 is 0 Å². The number of hydrogen-bond donors (Lipinski definition) is 1. The van der Waals surface area contributed by atoms with Gasteiger partial charge in [0.15, 0.2) is 11.5 Å². The molecule has 0 amide bonds. The van der Waals surface area contributed by atoms with Crippen molar-refractivity contribution >= 4 is 0 Å². The van der Waals surface area contributed by atoms with Crippen LogP contribution >= 0.6 is 0 Å². The zero-order valence-electron chi connectivity index (χ0n) is 12.4. The molecule has 106 valence electrons. The highest BCUT2D eigenvalue weighted by Crippen LogP contribution is 2.31. The van der Waals surface area contributed by atoms with Crippen LogP contribution in [0.3, 0.4) is 0 Å². The summed E-state index contributed by atoms with van der Waals surface area (Å²) in [6.45, 7) is 11.0. The maximum absolute atomic E-state index is 5.74. The van der Waals surface area contributed by atoms with Gasteiger partial charge in [-0.15, -0.1) is 0 Å². The van der Waals surface area contributed by atoms with E-state index in [4.69, 9.17) is 9.47 Å². The Hall–Kier alpha value is -1.48. The second-order valence-corrected chi connectivity index (χ2v) is 4.64. The van der Waals surface area contributed by atoms with E-state index in [1.807, 2.05) is 19.1 Å². The molecule has 3 nitrogen and oxygen atoms in total. The van der Waals surface area contributed by atoms with Gasteiger partial charge in [0.1, 0.15) is 6.10 Å². The Morgan fingerprint density at radius 3 is 2.63 bits per heavy atom. The zero-order valence-corrected chi connectivity index (χ0v) is 12.4. The van der Waals surface area contributed by atoms with Crippen molar-refractivity contribution in [3.05, 3.63) is 36.4 Å². The number of hydrogen-bond acceptors (Lipinski definition) is 3. The first-order chi connectivity index (χ1) is 9.12. The molecule has 0 aliphatic carbocycles. The van der Waals surface area contributed by atoms with Crippen molar-refractivity contribution in [1.82, 2.24) is 5.32 Å². The number of rotatable bonds is 8. The summed E-state index contributed by atoms with van der Waals surface area (Å²) in [7, 11) is 1.66. The summed E-state index contributed by atoms with van der Waals surface area (Å²) in [6.07, 6.45) is 2.86. The fourth-order valence-electron chi connectivity index (χ4n) is 1.78. The lowest BCUT2D eigenvalue weighted by atomic mass is 10.1. The number of benzene rings is 1. The zero-order chi connectivity index (χ0) is 14.3. The van der Waals surface area contributed by atoms with Crippen LogP contribution in [0, 0.1) is 0 Å². The van der Waals surface area contributed by atoms with E-state index in [0.717, 1.165) is 24.5 Å². The van der Waals surface area contributed by atoms with Gasteiger partial charge in [0.05, 0.1) is 7.11 Å². The minimum absolute atomic E-state index is 0.0320. The molecule has 0 radical (unpaired) electrons. The summed E-state index contributed by atoms with van der Waals surface area (Å²) in [5, 5.41) is 3.46. The van der Waals surface area contributed by atoms with Gasteiger partial charge in [-0.05, 0) is 44.5 Å². The predicted octanol–water partition coefficient (Wildman–Crippen LogP) is 3.71. The van der Waals surface area contributed by atoms with E-state index >= 15 is 0 Å². The van der Waals surface area contributed by atoms with Gasteiger partial charge in [0.2, 0.25) is 0 Å². The van der Waals surface area contributed by atoms with Crippen LogP contribution in [-0.4, -0.2) is 19.8 Å². The molecular weight excluding hydrogens is 238 g/mol.